The number of rotatable bonds is 5. The van der Waals surface area contributed by atoms with Crippen molar-refractivity contribution < 1.29 is 9.53 Å². The number of aryl methyl sites for hydroxylation is 1. The Labute approximate surface area is 123 Å². The molecule has 0 atom stereocenters. The first-order valence-corrected chi connectivity index (χ1v) is 6.78. The highest BCUT2D eigenvalue weighted by Gasteiger charge is 2.08. The fourth-order valence-electron chi connectivity index (χ4n) is 1.87. The summed E-state index contributed by atoms with van der Waals surface area (Å²) in [6.07, 6.45) is 0.548. The third-order valence-corrected chi connectivity index (χ3v) is 2.93. The lowest BCUT2D eigenvalue weighted by molar-refractivity contribution is 0.112. The SMILES string of the molecule is CC(C)COc1cccc(-c2cc(C=O)c(=O)n(C)n2)c1. The van der Waals surface area contributed by atoms with Gasteiger partial charge in [-0.1, -0.05) is 26.0 Å². The number of nitrogens with zero attached hydrogens (tertiary/aromatic N) is 2. The van der Waals surface area contributed by atoms with Gasteiger partial charge in [0.2, 0.25) is 0 Å². The molecule has 0 aliphatic rings. The summed E-state index contributed by atoms with van der Waals surface area (Å²) >= 11 is 0. The average molecular weight is 286 g/mol. The van der Waals surface area contributed by atoms with Crippen LogP contribution in [0, 0.1) is 5.92 Å². The van der Waals surface area contributed by atoms with Crippen LogP contribution < -0.4 is 10.3 Å². The van der Waals surface area contributed by atoms with Gasteiger partial charge in [0.05, 0.1) is 17.9 Å². The monoisotopic (exact) mass is 286 g/mol. The molecule has 0 unspecified atom stereocenters. The highest BCUT2D eigenvalue weighted by atomic mass is 16.5. The minimum Gasteiger partial charge on any atom is -0.493 e. The minimum atomic E-state index is -0.402. The van der Waals surface area contributed by atoms with E-state index in [9.17, 15) is 9.59 Å². The van der Waals surface area contributed by atoms with E-state index in [1.807, 2.05) is 24.3 Å². The fourth-order valence-corrected chi connectivity index (χ4v) is 1.87. The largest absolute Gasteiger partial charge is 0.493 e. The van der Waals surface area contributed by atoms with E-state index in [-0.39, 0.29) is 5.56 Å². The summed E-state index contributed by atoms with van der Waals surface area (Å²) in [5, 5.41) is 4.18. The normalized spacial score (nSPS) is 10.7. The van der Waals surface area contributed by atoms with Gasteiger partial charge >= 0.3 is 0 Å². The number of aromatic nitrogens is 2. The van der Waals surface area contributed by atoms with Crippen LogP contribution in [0.3, 0.4) is 0 Å². The minimum absolute atomic E-state index is 0.0935. The summed E-state index contributed by atoms with van der Waals surface area (Å²) in [5.41, 5.74) is 1.06. The van der Waals surface area contributed by atoms with Crippen molar-refractivity contribution in [3.63, 3.8) is 0 Å². The smallest absolute Gasteiger partial charge is 0.277 e. The molecule has 1 heterocycles. The van der Waals surface area contributed by atoms with Crippen molar-refractivity contribution in [2.45, 2.75) is 13.8 Å². The number of benzene rings is 1. The maximum absolute atomic E-state index is 11.7. The number of carbonyl (C=O) groups is 1. The topological polar surface area (TPSA) is 61.2 Å². The van der Waals surface area contributed by atoms with Crippen molar-refractivity contribution in [1.29, 1.82) is 0 Å². The Balaban J connectivity index is 2.38. The van der Waals surface area contributed by atoms with Gasteiger partial charge in [0.1, 0.15) is 5.75 Å². The number of carbonyl (C=O) groups excluding carboxylic acids is 1. The maximum atomic E-state index is 11.7. The number of hydrogen-bond donors (Lipinski definition) is 0. The molecule has 1 aromatic carbocycles. The second-order valence-electron chi connectivity index (χ2n) is 5.26. The van der Waals surface area contributed by atoms with Crippen molar-refractivity contribution in [3.8, 4) is 17.0 Å². The molecule has 1 aromatic heterocycles. The molecule has 2 aromatic rings. The van der Waals surface area contributed by atoms with Crippen molar-refractivity contribution in [2.75, 3.05) is 6.61 Å². The Hall–Kier alpha value is -2.43. The van der Waals surface area contributed by atoms with Crippen molar-refractivity contribution in [3.05, 3.63) is 46.2 Å². The van der Waals surface area contributed by atoms with E-state index in [1.165, 1.54) is 17.8 Å². The van der Waals surface area contributed by atoms with Crippen LogP contribution in [0.25, 0.3) is 11.3 Å². The molecule has 0 amide bonds. The Morgan fingerprint density at radius 1 is 1.33 bits per heavy atom. The molecule has 0 fully saturated rings. The van der Waals surface area contributed by atoms with E-state index in [0.717, 1.165) is 11.3 Å². The number of hydrogen-bond acceptors (Lipinski definition) is 4. The lowest BCUT2D eigenvalue weighted by atomic mass is 10.1. The molecule has 5 nitrogen and oxygen atoms in total. The zero-order valence-electron chi connectivity index (χ0n) is 12.4. The van der Waals surface area contributed by atoms with E-state index in [4.69, 9.17) is 4.74 Å². The standard InChI is InChI=1S/C16H18N2O3/c1-11(2)10-21-14-6-4-5-12(7-14)15-8-13(9-19)16(20)18(3)17-15/h4-9,11H,10H2,1-3H3. The Morgan fingerprint density at radius 2 is 2.10 bits per heavy atom. The molecular weight excluding hydrogens is 268 g/mol. The van der Waals surface area contributed by atoms with Gasteiger partial charge in [-0.15, -0.1) is 0 Å². The van der Waals surface area contributed by atoms with Crippen LogP contribution >= 0.6 is 0 Å². The molecule has 5 heteroatoms. The van der Waals surface area contributed by atoms with Gasteiger partial charge in [-0.3, -0.25) is 9.59 Å². The first kappa shape index (κ1) is 15.0. The quantitative estimate of drug-likeness (QED) is 0.791. The average Bonchev–Trinajstić information content (AvgIpc) is 2.48. The third-order valence-electron chi connectivity index (χ3n) is 2.93. The van der Waals surface area contributed by atoms with Gasteiger partial charge in [0, 0.05) is 12.6 Å². The molecule has 0 aliphatic carbocycles. The van der Waals surface area contributed by atoms with Crippen molar-refractivity contribution in [2.24, 2.45) is 13.0 Å². The number of aldehydes is 1. The molecule has 0 aliphatic heterocycles. The first-order valence-electron chi connectivity index (χ1n) is 6.78. The molecule has 2 rings (SSSR count). The third kappa shape index (κ3) is 3.56. The molecule has 0 radical (unpaired) electrons. The molecular formula is C16H18N2O3. The summed E-state index contributed by atoms with van der Waals surface area (Å²) in [6, 6.07) is 8.94. The highest BCUT2D eigenvalue weighted by Crippen LogP contribution is 2.22. The van der Waals surface area contributed by atoms with Crippen LogP contribution in [-0.2, 0) is 7.05 Å². The van der Waals surface area contributed by atoms with Crippen LogP contribution in [0.1, 0.15) is 24.2 Å². The highest BCUT2D eigenvalue weighted by molar-refractivity contribution is 5.77. The van der Waals surface area contributed by atoms with Crippen LogP contribution in [0.2, 0.25) is 0 Å². The van der Waals surface area contributed by atoms with Gasteiger partial charge in [0.15, 0.2) is 6.29 Å². The summed E-state index contributed by atoms with van der Waals surface area (Å²) in [6.45, 7) is 4.78. The second-order valence-corrected chi connectivity index (χ2v) is 5.26. The Morgan fingerprint density at radius 3 is 2.76 bits per heavy atom. The van der Waals surface area contributed by atoms with Crippen LogP contribution in [0.5, 0.6) is 5.75 Å². The zero-order chi connectivity index (χ0) is 15.4. The number of ether oxygens (including phenoxy) is 1. The fraction of sp³-hybridized carbons (Fsp3) is 0.312. The molecule has 0 bridgehead atoms. The predicted octanol–water partition coefficient (Wildman–Crippen LogP) is 2.29. The summed E-state index contributed by atoms with van der Waals surface area (Å²) < 4.78 is 6.84. The van der Waals surface area contributed by atoms with Gasteiger partial charge in [0.25, 0.3) is 5.56 Å². The van der Waals surface area contributed by atoms with Gasteiger partial charge in [-0.25, -0.2) is 4.68 Å². The van der Waals surface area contributed by atoms with Gasteiger partial charge < -0.3 is 4.74 Å². The molecule has 0 saturated carbocycles. The van der Waals surface area contributed by atoms with Gasteiger partial charge in [-0.05, 0) is 24.1 Å². The molecule has 0 N–H and O–H groups in total. The van der Waals surface area contributed by atoms with E-state index < -0.39 is 5.56 Å². The van der Waals surface area contributed by atoms with Crippen LogP contribution in [-0.4, -0.2) is 22.7 Å². The Kier molecular flexibility index (Phi) is 4.52. The lowest BCUT2D eigenvalue weighted by Crippen LogP contribution is -2.23. The molecule has 21 heavy (non-hydrogen) atoms. The molecule has 110 valence electrons. The summed E-state index contributed by atoms with van der Waals surface area (Å²) in [5.74, 6) is 1.18. The summed E-state index contributed by atoms with van der Waals surface area (Å²) in [4.78, 5) is 22.6. The van der Waals surface area contributed by atoms with Crippen LogP contribution in [0.15, 0.2) is 35.1 Å². The Bertz CT molecular complexity index is 705. The van der Waals surface area contributed by atoms with Crippen molar-refractivity contribution >= 4 is 6.29 Å². The van der Waals surface area contributed by atoms with E-state index in [1.54, 1.807) is 0 Å². The first-order chi connectivity index (χ1) is 10.0. The molecule has 0 saturated heterocycles. The van der Waals surface area contributed by atoms with Gasteiger partial charge in [-0.2, -0.15) is 5.10 Å². The van der Waals surface area contributed by atoms with E-state index in [2.05, 4.69) is 18.9 Å². The maximum Gasteiger partial charge on any atom is 0.277 e. The molecule has 0 spiro atoms. The van der Waals surface area contributed by atoms with Crippen LogP contribution in [0.4, 0.5) is 0 Å². The summed E-state index contributed by atoms with van der Waals surface area (Å²) in [7, 11) is 1.53. The second kappa shape index (κ2) is 6.35. The van der Waals surface area contributed by atoms with E-state index in [0.29, 0.717) is 24.5 Å². The lowest BCUT2D eigenvalue weighted by Gasteiger charge is -2.10. The van der Waals surface area contributed by atoms with E-state index >= 15 is 0 Å². The van der Waals surface area contributed by atoms with Crippen molar-refractivity contribution in [1.82, 2.24) is 9.78 Å². The zero-order valence-corrected chi connectivity index (χ0v) is 12.4. The predicted molar refractivity (Wildman–Crippen MR) is 80.6 cm³/mol.